The van der Waals surface area contributed by atoms with E-state index in [-0.39, 0.29) is 17.4 Å². The van der Waals surface area contributed by atoms with Crippen molar-refractivity contribution in [2.24, 2.45) is 0 Å². The Morgan fingerprint density at radius 1 is 0.974 bits per heavy atom. The molecule has 1 aliphatic heterocycles. The molecule has 2 aromatic heterocycles. The maximum atomic E-state index is 13.7. The minimum absolute atomic E-state index is 0.169. The van der Waals surface area contributed by atoms with Gasteiger partial charge >= 0.3 is 5.69 Å². The highest BCUT2D eigenvalue weighted by molar-refractivity contribution is 9.10. The Hall–Kier alpha value is -4.02. The summed E-state index contributed by atoms with van der Waals surface area (Å²) in [5.41, 5.74) is 3.98. The highest BCUT2D eigenvalue weighted by atomic mass is 79.9. The molecule has 10 heteroatoms. The van der Waals surface area contributed by atoms with Gasteiger partial charge in [0.15, 0.2) is 12.0 Å². The van der Waals surface area contributed by atoms with Crippen LogP contribution in [0, 0.1) is 5.82 Å². The number of ether oxygens (including phenoxy) is 1. The Bertz CT molecular complexity index is 1690. The number of aromatic nitrogens is 3. The second-order valence-corrected chi connectivity index (χ2v) is 10.0. The van der Waals surface area contributed by atoms with Gasteiger partial charge in [-0.2, -0.15) is 0 Å². The number of fused-ring (bicyclic) bond motifs is 1. The molecule has 3 heterocycles. The number of imidazole rings is 1. The number of hydrogen-bond donors (Lipinski definition) is 2. The molecule has 0 unspecified atom stereocenters. The van der Waals surface area contributed by atoms with E-state index in [4.69, 9.17) is 14.1 Å². The number of nitrogens with zero attached hydrogens (tertiary/aromatic N) is 2. The van der Waals surface area contributed by atoms with Crippen molar-refractivity contribution in [3.63, 3.8) is 0 Å². The Kier molecular flexibility index (Phi) is 6.21. The molecule has 3 aromatic carbocycles. The Balaban J connectivity index is 1.36. The van der Waals surface area contributed by atoms with Crippen LogP contribution in [0.15, 0.2) is 80.4 Å². The summed E-state index contributed by atoms with van der Waals surface area (Å²) in [6.07, 6.45) is -0.961. The van der Waals surface area contributed by atoms with E-state index in [0.29, 0.717) is 41.4 Å². The molecule has 8 nitrogen and oxygen atoms in total. The number of carbonyl (C=O) groups is 1. The third-order valence-corrected chi connectivity index (χ3v) is 7.08. The van der Waals surface area contributed by atoms with E-state index in [1.807, 2.05) is 42.5 Å². The fraction of sp³-hybridized carbons (Fsp3) is 0.179. The van der Waals surface area contributed by atoms with Crippen LogP contribution in [0.3, 0.4) is 0 Å². The number of aromatic amines is 2. The van der Waals surface area contributed by atoms with Crippen molar-refractivity contribution in [3.8, 4) is 22.7 Å². The predicted octanol–water partition coefficient (Wildman–Crippen LogP) is 5.57. The lowest BCUT2D eigenvalue weighted by molar-refractivity contribution is -0.130. The molecule has 2 N–H and O–H groups in total. The Morgan fingerprint density at radius 3 is 2.45 bits per heavy atom. The maximum absolute atomic E-state index is 13.7. The van der Waals surface area contributed by atoms with Crippen LogP contribution in [0.25, 0.3) is 33.7 Å². The highest BCUT2D eigenvalue weighted by Crippen LogP contribution is 2.39. The van der Waals surface area contributed by atoms with Gasteiger partial charge in [-0.3, -0.25) is 4.79 Å². The lowest BCUT2D eigenvalue weighted by atomic mass is 10.1. The summed E-state index contributed by atoms with van der Waals surface area (Å²) in [5.74, 6) is 0.204. The predicted molar refractivity (Wildman–Crippen MR) is 143 cm³/mol. The second kappa shape index (κ2) is 9.70. The summed E-state index contributed by atoms with van der Waals surface area (Å²) in [6, 6.07) is 19.1. The number of halogens is 2. The van der Waals surface area contributed by atoms with Crippen LogP contribution < -0.4 is 5.69 Å². The highest BCUT2D eigenvalue weighted by Gasteiger charge is 2.42. The van der Waals surface area contributed by atoms with E-state index in [1.165, 1.54) is 12.1 Å². The van der Waals surface area contributed by atoms with Gasteiger partial charge in [0.25, 0.3) is 5.91 Å². The third-order valence-electron chi connectivity index (χ3n) is 6.56. The fourth-order valence-corrected chi connectivity index (χ4v) is 4.88. The molecule has 1 amide bonds. The number of H-pyrrole nitrogens is 2. The van der Waals surface area contributed by atoms with Crippen LogP contribution in [0.5, 0.6) is 0 Å². The van der Waals surface area contributed by atoms with Gasteiger partial charge in [0, 0.05) is 22.1 Å². The van der Waals surface area contributed by atoms with E-state index >= 15 is 0 Å². The monoisotopic (exact) mass is 576 g/mol. The number of carbonyl (C=O) groups excluding carboxylic acids is 1. The zero-order valence-corrected chi connectivity index (χ0v) is 21.8. The molecule has 1 fully saturated rings. The van der Waals surface area contributed by atoms with Gasteiger partial charge in [0.05, 0.1) is 11.0 Å². The van der Waals surface area contributed by atoms with E-state index in [9.17, 15) is 14.0 Å². The first-order chi connectivity index (χ1) is 18.4. The minimum Gasteiger partial charge on any atom is -0.436 e. The van der Waals surface area contributed by atoms with Crippen molar-refractivity contribution in [2.45, 2.75) is 25.7 Å². The molecule has 6 rings (SSSR count). The molecule has 0 spiro atoms. The summed E-state index contributed by atoms with van der Waals surface area (Å²) in [6.45, 7) is 2.06. The average molecular weight is 577 g/mol. The van der Waals surface area contributed by atoms with Crippen molar-refractivity contribution < 1.29 is 18.3 Å². The number of amides is 1. The van der Waals surface area contributed by atoms with Crippen LogP contribution in [-0.2, 0) is 16.0 Å². The SMILES string of the molecule is C[C@@H]1O[C@H](c2oc(-c3ccc(Br)cc3)nc2-c2ccc(F)cc2)N(CCc2ccc3[nH]c(=O)[nH]c3c2)C1=O. The molecule has 1 aliphatic rings. The molecular weight excluding hydrogens is 555 g/mol. The minimum atomic E-state index is -0.815. The lowest BCUT2D eigenvalue weighted by Gasteiger charge is -2.22. The van der Waals surface area contributed by atoms with Gasteiger partial charge in [0.2, 0.25) is 5.89 Å². The zero-order chi connectivity index (χ0) is 26.4. The molecule has 0 bridgehead atoms. The standard InChI is InChI=1S/C28H22BrFN4O4/c1-15-26(35)34(13-12-16-2-11-21-22(14-16)32-28(36)31-21)27(37-15)24-23(17-5-9-20(30)10-6-17)33-25(38-24)18-3-7-19(29)8-4-18/h2-11,14-15,27H,12-13H2,1H3,(H2,31,32,36)/t15-,27+/m0/s1. The normalized spacial score (nSPS) is 17.6. The first kappa shape index (κ1) is 24.3. The largest absolute Gasteiger partial charge is 0.436 e. The van der Waals surface area contributed by atoms with E-state index in [1.54, 1.807) is 24.0 Å². The maximum Gasteiger partial charge on any atom is 0.323 e. The molecule has 0 radical (unpaired) electrons. The summed E-state index contributed by atoms with van der Waals surface area (Å²) < 4.78 is 27.0. The quantitative estimate of drug-likeness (QED) is 0.275. The number of nitrogens with one attached hydrogen (secondary N) is 2. The molecule has 0 aliphatic carbocycles. The van der Waals surface area contributed by atoms with Crippen LogP contribution >= 0.6 is 15.9 Å². The summed E-state index contributed by atoms with van der Waals surface area (Å²) in [5, 5.41) is 0. The smallest absolute Gasteiger partial charge is 0.323 e. The number of hydrogen-bond acceptors (Lipinski definition) is 5. The molecule has 1 saturated heterocycles. The van der Waals surface area contributed by atoms with Gasteiger partial charge < -0.3 is 24.0 Å². The van der Waals surface area contributed by atoms with Crippen LogP contribution in [0.1, 0.15) is 24.5 Å². The fourth-order valence-electron chi connectivity index (χ4n) is 4.62. The van der Waals surface area contributed by atoms with Crippen molar-refractivity contribution in [2.75, 3.05) is 6.54 Å². The first-order valence-corrected chi connectivity index (χ1v) is 12.8. The molecular formula is C28H22BrFN4O4. The molecule has 192 valence electrons. The van der Waals surface area contributed by atoms with E-state index < -0.39 is 12.3 Å². The topological polar surface area (TPSA) is 104 Å². The summed E-state index contributed by atoms with van der Waals surface area (Å²) in [4.78, 5) is 36.6. The van der Waals surface area contributed by atoms with Crippen LogP contribution in [0.2, 0.25) is 0 Å². The molecule has 38 heavy (non-hydrogen) atoms. The second-order valence-electron chi connectivity index (χ2n) is 9.12. The molecule has 0 saturated carbocycles. The van der Waals surface area contributed by atoms with Gasteiger partial charge in [-0.15, -0.1) is 0 Å². The summed E-state index contributed by atoms with van der Waals surface area (Å²) >= 11 is 3.44. The van der Waals surface area contributed by atoms with Crippen molar-refractivity contribution in [1.82, 2.24) is 19.9 Å². The number of rotatable bonds is 6. The van der Waals surface area contributed by atoms with E-state index in [0.717, 1.165) is 21.1 Å². The zero-order valence-electron chi connectivity index (χ0n) is 20.2. The summed E-state index contributed by atoms with van der Waals surface area (Å²) in [7, 11) is 0. The van der Waals surface area contributed by atoms with Gasteiger partial charge in [0.1, 0.15) is 17.6 Å². The van der Waals surface area contributed by atoms with Crippen LogP contribution in [0.4, 0.5) is 4.39 Å². The van der Waals surface area contributed by atoms with Crippen molar-refractivity contribution >= 4 is 32.9 Å². The van der Waals surface area contributed by atoms with Crippen molar-refractivity contribution in [3.05, 3.63) is 98.8 Å². The van der Waals surface area contributed by atoms with E-state index in [2.05, 4.69) is 25.9 Å². The van der Waals surface area contributed by atoms with Gasteiger partial charge in [-0.1, -0.05) is 22.0 Å². The third kappa shape index (κ3) is 4.57. The first-order valence-electron chi connectivity index (χ1n) is 12.1. The van der Waals surface area contributed by atoms with Crippen LogP contribution in [-0.4, -0.2) is 38.4 Å². The Labute approximate surface area is 224 Å². The molecule has 5 aromatic rings. The number of benzene rings is 3. The van der Waals surface area contributed by atoms with Crippen molar-refractivity contribution in [1.29, 1.82) is 0 Å². The number of oxazole rings is 1. The Morgan fingerprint density at radius 2 is 1.68 bits per heavy atom. The van der Waals surface area contributed by atoms with Gasteiger partial charge in [-0.25, -0.2) is 14.2 Å². The van der Waals surface area contributed by atoms with Gasteiger partial charge in [-0.05, 0) is 79.6 Å². The lowest BCUT2D eigenvalue weighted by Crippen LogP contribution is -2.32. The average Bonchev–Trinajstić information content (AvgIpc) is 3.58. The molecule has 2 atom stereocenters.